The second-order valence-electron chi connectivity index (χ2n) is 6.52. The van der Waals surface area contributed by atoms with Gasteiger partial charge in [0.15, 0.2) is 0 Å². The maximum absolute atomic E-state index is 13.6. The van der Waals surface area contributed by atoms with Gasteiger partial charge in [-0.3, -0.25) is 9.59 Å². The molecular weight excluding hydrogens is 409 g/mol. The first-order chi connectivity index (χ1) is 13.8. The number of amides is 2. The molecule has 2 N–H and O–H groups in total. The molecule has 3 aromatic rings. The largest absolute Gasteiger partial charge is 0.368 e. The molecule has 0 saturated heterocycles. The molecule has 0 bridgehead atoms. The number of thiazole rings is 1. The minimum absolute atomic E-state index is 0.333. The van der Waals surface area contributed by atoms with E-state index in [1.54, 1.807) is 41.3 Å². The fourth-order valence-electron chi connectivity index (χ4n) is 2.86. The van der Waals surface area contributed by atoms with Gasteiger partial charge in [0.1, 0.15) is 16.2 Å². The van der Waals surface area contributed by atoms with Crippen LogP contribution in [0, 0.1) is 12.7 Å². The Labute approximate surface area is 176 Å². The van der Waals surface area contributed by atoms with Crippen molar-refractivity contribution in [2.75, 3.05) is 7.05 Å². The predicted molar refractivity (Wildman–Crippen MR) is 113 cm³/mol. The number of hydrogen-bond acceptors (Lipinski definition) is 5. The lowest BCUT2D eigenvalue weighted by Crippen LogP contribution is -2.39. The van der Waals surface area contributed by atoms with Crippen LogP contribution in [-0.4, -0.2) is 28.7 Å². The molecule has 0 radical (unpaired) electrons. The monoisotopic (exact) mass is 429 g/mol. The van der Waals surface area contributed by atoms with Crippen molar-refractivity contribution >= 4 is 34.9 Å². The molecule has 29 heavy (non-hydrogen) atoms. The Hall–Kier alpha value is -2.71. The molecular formula is C21H20FN3O2S2. The zero-order valence-electron chi connectivity index (χ0n) is 16.0. The quantitative estimate of drug-likeness (QED) is 0.572. The lowest BCUT2D eigenvalue weighted by Gasteiger charge is -2.26. The third kappa shape index (κ3) is 5.21. The number of primary amides is 1. The van der Waals surface area contributed by atoms with Crippen LogP contribution in [0.2, 0.25) is 0 Å². The summed E-state index contributed by atoms with van der Waals surface area (Å²) in [5.41, 5.74) is 8.31. The van der Waals surface area contributed by atoms with E-state index in [-0.39, 0.29) is 5.91 Å². The number of halogens is 1. The van der Waals surface area contributed by atoms with Gasteiger partial charge in [-0.1, -0.05) is 36.0 Å². The predicted octanol–water partition coefficient (Wildman–Crippen LogP) is 4.18. The van der Waals surface area contributed by atoms with Crippen molar-refractivity contribution in [3.63, 3.8) is 0 Å². The van der Waals surface area contributed by atoms with E-state index in [1.807, 2.05) is 24.4 Å². The SMILES string of the molecule is Cc1csc(SCc2ccc(C(=O)N(C)C(C(N)=O)c3cccc(F)c3)cc2)n1. The van der Waals surface area contributed by atoms with Crippen LogP contribution in [-0.2, 0) is 10.5 Å². The van der Waals surface area contributed by atoms with Crippen molar-refractivity contribution in [3.05, 3.63) is 82.1 Å². The highest BCUT2D eigenvalue weighted by Gasteiger charge is 2.27. The average molecular weight is 430 g/mol. The lowest BCUT2D eigenvalue weighted by atomic mass is 10.0. The minimum atomic E-state index is -1.05. The van der Waals surface area contributed by atoms with Crippen molar-refractivity contribution in [2.24, 2.45) is 5.73 Å². The van der Waals surface area contributed by atoms with Gasteiger partial charge in [-0.15, -0.1) is 11.3 Å². The van der Waals surface area contributed by atoms with E-state index in [2.05, 4.69) is 4.98 Å². The zero-order chi connectivity index (χ0) is 21.0. The van der Waals surface area contributed by atoms with E-state index in [4.69, 9.17) is 5.73 Å². The van der Waals surface area contributed by atoms with E-state index < -0.39 is 17.8 Å². The Balaban J connectivity index is 1.71. The van der Waals surface area contributed by atoms with E-state index in [1.165, 1.54) is 30.1 Å². The maximum atomic E-state index is 13.6. The highest BCUT2D eigenvalue weighted by Crippen LogP contribution is 2.27. The third-order valence-electron chi connectivity index (χ3n) is 4.30. The molecule has 2 amide bonds. The van der Waals surface area contributed by atoms with Crippen LogP contribution >= 0.6 is 23.1 Å². The summed E-state index contributed by atoms with van der Waals surface area (Å²) in [6, 6.07) is 11.6. The van der Waals surface area contributed by atoms with Crippen LogP contribution in [0.5, 0.6) is 0 Å². The summed E-state index contributed by atoms with van der Waals surface area (Å²) in [4.78, 5) is 30.5. The normalized spacial score (nSPS) is 11.8. The summed E-state index contributed by atoms with van der Waals surface area (Å²) in [5.74, 6) is -0.845. The van der Waals surface area contributed by atoms with E-state index in [0.717, 1.165) is 21.3 Å². The third-order valence-corrected chi connectivity index (χ3v) is 6.51. The van der Waals surface area contributed by atoms with Crippen molar-refractivity contribution < 1.29 is 14.0 Å². The second kappa shape index (κ2) is 9.19. The molecule has 1 unspecified atom stereocenters. The van der Waals surface area contributed by atoms with Gasteiger partial charge in [0, 0.05) is 29.4 Å². The number of likely N-dealkylation sites (N-methyl/N-ethyl adjacent to an activating group) is 1. The second-order valence-corrected chi connectivity index (χ2v) is 8.60. The van der Waals surface area contributed by atoms with Crippen molar-refractivity contribution in [1.82, 2.24) is 9.88 Å². The number of carbonyl (C=O) groups is 2. The standard InChI is InChI=1S/C21H20FN3O2S2/c1-13-11-28-21(24-13)29-12-14-6-8-15(9-7-14)20(27)25(2)18(19(23)26)16-4-3-5-17(22)10-16/h3-11,18H,12H2,1-2H3,(H2,23,26). The van der Waals surface area contributed by atoms with Crippen LogP contribution in [0.4, 0.5) is 4.39 Å². The number of nitrogens with zero attached hydrogens (tertiary/aromatic N) is 2. The molecule has 0 fully saturated rings. The Morgan fingerprint density at radius 2 is 1.97 bits per heavy atom. The lowest BCUT2D eigenvalue weighted by molar-refractivity contribution is -0.122. The Kier molecular flexibility index (Phi) is 6.66. The van der Waals surface area contributed by atoms with Crippen LogP contribution in [0.1, 0.15) is 33.2 Å². The molecule has 8 heteroatoms. The van der Waals surface area contributed by atoms with Crippen LogP contribution in [0.25, 0.3) is 0 Å². The first-order valence-corrected chi connectivity index (χ1v) is 10.7. The highest BCUT2D eigenvalue weighted by atomic mass is 32.2. The zero-order valence-corrected chi connectivity index (χ0v) is 17.6. The molecule has 1 heterocycles. The summed E-state index contributed by atoms with van der Waals surface area (Å²) in [5, 5.41) is 2.01. The Morgan fingerprint density at radius 1 is 1.24 bits per heavy atom. The molecule has 0 saturated carbocycles. The van der Waals surface area contributed by atoms with E-state index in [9.17, 15) is 14.0 Å². The van der Waals surface area contributed by atoms with Crippen LogP contribution < -0.4 is 5.73 Å². The van der Waals surface area contributed by atoms with Gasteiger partial charge in [-0.25, -0.2) is 9.37 Å². The number of aromatic nitrogens is 1. The van der Waals surface area contributed by atoms with Crippen molar-refractivity contribution in [1.29, 1.82) is 0 Å². The Bertz CT molecular complexity index is 1020. The summed E-state index contributed by atoms with van der Waals surface area (Å²) in [7, 11) is 1.48. The molecule has 1 aromatic heterocycles. The summed E-state index contributed by atoms with van der Waals surface area (Å²) < 4.78 is 14.6. The van der Waals surface area contributed by atoms with Gasteiger partial charge in [-0.2, -0.15) is 0 Å². The van der Waals surface area contributed by atoms with E-state index in [0.29, 0.717) is 11.1 Å². The highest BCUT2D eigenvalue weighted by molar-refractivity contribution is 8.00. The van der Waals surface area contributed by atoms with Gasteiger partial charge in [-0.05, 0) is 42.3 Å². The van der Waals surface area contributed by atoms with E-state index >= 15 is 0 Å². The number of thioether (sulfide) groups is 1. The topological polar surface area (TPSA) is 76.3 Å². The summed E-state index contributed by atoms with van der Waals surface area (Å²) in [6.07, 6.45) is 0. The maximum Gasteiger partial charge on any atom is 0.254 e. The van der Waals surface area contributed by atoms with Gasteiger partial charge in [0.25, 0.3) is 5.91 Å². The number of hydrogen-bond donors (Lipinski definition) is 1. The van der Waals surface area contributed by atoms with Crippen LogP contribution in [0.3, 0.4) is 0 Å². The molecule has 0 aliphatic heterocycles. The van der Waals surface area contributed by atoms with Crippen LogP contribution in [0.15, 0.2) is 58.3 Å². The molecule has 1 atom stereocenters. The number of benzene rings is 2. The molecule has 2 aromatic carbocycles. The number of rotatable bonds is 7. The molecule has 0 aliphatic rings. The fraction of sp³-hybridized carbons (Fsp3) is 0.190. The first-order valence-electron chi connectivity index (χ1n) is 8.81. The van der Waals surface area contributed by atoms with Gasteiger partial charge < -0.3 is 10.6 Å². The first kappa shape index (κ1) is 21.0. The molecule has 3 rings (SSSR count). The molecule has 0 spiro atoms. The fourth-order valence-corrected chi connectivity index (χ4v) is 4.67. The van der Waals surface area contributed by atoms with Gasteiger partial charge in [0.2, 0.25) is 5.91 Å². The number of carbonyl (C=O) groups excluding carboxylic acids is 2. The van der Waals surface area contributed by atoms with Crippen molar-refractivity contribution in [3.8, 4) is 0 Å². The summed E-state index contributed by atoms with van der Waals surface area (Å²) >= 11 is 3.24. The molecule has 5 nitrogen and oxygen atoms in total. The Morgan fingerprint density at radius 3 is 2.55 bits per heavy atom. The number of aryl methyl sites for hydroxylation is 1. The molecule has 0 aliphatic carbocycles. The minimum Gasteiger partial charge on any atom is -0.368 e. The average Bonchev–Trinajstić information content (AvgIpc) is 3.11. The summed E-state index contributed by atoms with van der Waals surface area (Å²) in [6.45, 7) is 1.96. The molecule has 150 valence electrons. The number of nitrogens with two attached hydrogens (primary N) is 1. The van der Waals surface area contributed by atoms with Gasteiger partial charge in [0.05, 0.1) is 0 Å². The van der Waals surface area contributed by atoms with Crippen molar-refractivity contribution in [2.45, 2.75) is 23.1 Å². The smallest absolute Gasteiger partial charge is 0.254 e. The van der Waals surface area contributed by atoms with Gasteiger partial charge >= 0.3 is 0 Å².